The number of urea groups is 1. The van der Waals surface area contributed by atoms with E-state index in [1.54, 1.807) is 6.07 Å². The minimum absolute atomic E-state index is 0.482. The van der Waals surface area contributed by atoms with Gasteiger partial charge in [0, 0.05) is 0 Å². The summed E-state index contributed by atoms with van der Waals surface area (Å²) in [6.07, 6.45) is 3.11. The van der Waals surface area contributed by atoms with Gasteiger partial charge in [0.25, 0.3) is 0 Å². The quantitative estimate of drug-likeness (QED) is 0.792. The number of fused-ring (bicyclic) bond motifs is 1. The average Bonchev–Trinajstić information content (AvgIpc) is 2.84. The Kier molecular flexibility index (Phi) is 2.67. The Labute approximate surface area is 116 Å². The van der Waals surface area contributed by atoms with Gasteiger partial charge in [0.05, 0.1) is 5.69 Å². The van der Waals surface area contributed by atoms with E-state index in [0.29, 0.717) is 5.69 Å². The van der Waals surface area contributed by atoms with Crippen molar-refractivity contribution in [3.8, 4) is 0 Å². The number of nitrogens with zero attached hydrogens (tertiary/aromatic N) is 1. The van der Waals surface area contributed by atoms with Crippen molar-refractivity contribution in [2.24, 2.45) is 5.41 Å². The Balaban J connectivity index is 2.02. The number of benzene rings is 1. The molecular weight excluding hydrogens is 256 g/mol. The van der Waals surface area contributed by atoms with E-state index < -0.39 is 23.3 Å². The maximum Gasteiger partial charge on any atom is 0.335 e. The third-order valence-electron chi connectivity index (χ3n) is 4.07. The van der Waals surface area contributed by atoms with Crippen LogP contribution in [0, 0.1) is 5.41 Å². The fraction of sp³-hybridized carbons (Fsp3) is 0.400. The molecule has 0 radical (unpaired) electrons. The van der Waals surface area contributed by atoms with Crippen LogP contribution >= 0.6 is 0 Å². The Hall–Kier alpha value is -2.17. The zero-order chi connectivity index (χ0) is 14.5. The maximum absolute atomic E-state index is 12.4. The normalized spacial score (nSPS) is 20.9. The number of barbiturate groups is 1. The molecule has 2 aliphatic rings. The van der Waals surface area contributed by atoms with Crippen LogP contribution in [0.3, 0.4) is 0 Å². The molecule has 20 heavy (non-hydrogen) atoms. The molecule has 0 bridgehead atoms. The van der Waals surface area contributed by atoms with E-state index >= 15 is 0 Å². The maximum atomic E-state index is 12.4. The minimum Gasteiger partial charge on any atom is -0.276 e. The molecule has 1 fully saturated rings. The van der Waals surface area contributed by atoms with Crippen molar-refractivity contribution >= 4 is 23.5 Å². The zero-order valence-corrected chi connectivity index (χ0v) is 11.5. The van der Waals surface area contributed by atoms with Crippen molar-refractivity contribution in [2.45, 2.75) is 33.1 Å². The van der Waals surface area contributed by atoms with Crippen molar-refractivity contribution in [1.82, 2.24) is 5.32 Å². The lowest BCUT2D eigenvalue weighted by Crippen LogP contribution is -2.62. The predicted octanol–water partition coefficient (Wildman–Crippen LogP) is 1.78. The molecule has 1 aromatic rings. The lowest BCUT2D eigenvalue weighted by molar-refractivity contribution is -0.140. The van der Waals surface area contributed by atoms with Crippen molar-refractivity contribution in [3.63, 3.8) is 0 Å². The number of hydrogen-bond acceptors (Lipinski definition) is 3. The van der Waals surface area contributed by atoms with E-state index in [2.05, 4.69) is 5.32 Å². The fourth-order valence-corrected chi connectivity index (χ4v) is 2.71. The molecule has 1 aliphatic carbocycles. The first-order valence-electron chi connectivity index (χ1n) is 6.73. The second-order valence-corrected chi connectivity index (χ2v) is 5.83. The summed E-state index contributed by atoms with van der Waals surface area (Å²) in [5, 5.41) is 2.24. The molecule has 3 rings (SSSR count). The number of hydrogen-bond donors (Lipinski definition) is 1. The van der Waals surface area contributed by atoms with Crippen LogP contribution < -0.4 is 10.2 Å². The minimum atomic E-state index is -1.23. The van der Waals surface area contributed by atoms with Crippen LogP contribution in [0.4, 0.5) is 10.5 Å². The van der Waals surface area contributed by atoms with Gasteiger partial charge in [-0.15, -0.1) is 0 Å². The molecule has 0 unspecified atom stereocenters. The van der Waals surface area contributed by atoms with Crippen LogP contribution in [-0.2, 0) is 22.4 Å². The molecule has 5 heteroatoms. The van der Waals surface area contributed by atoms with Gasteiger partial charge in [-0.25, -0.2) is 9.69 Å². The van der Waals surface area contributed by atoms with E-state index in [9.17, 15) is 14.4 Å². The Bertz CT molecular complexity index is 634. The van der Waals surface area contributed by atoms with Crippen LogP contribution in [0.2, 0.25) is 0 Å². The highest BCUT2D eigenvalue weighted by atomic mass is 16.2. The second kappa shape index (κ2) is 4.16. The number of imide groups is 2. The molecule has 1 aromatic carbocycles. The van der Waals surface area contributed by atoms with Gasteiger partial charge in [0.2, 0.25) is 11.8 Å². The number of anilines is 1. The standard InChI is InChI=1S/C15H16N2O3/c1-15(2)12(18)16-14(20)17(13(15)19)11-7-6-9-4-3-5-10(9)8-11/h6-8H,3-5H2,1-2H3,(H,16,18,20). The monoisotopic (exact) mass is 272 g/mol. The highest BCUT2D eigenvalue weighted by Gasteiger charge is 2.47. The molecule has 1 saturated heterocycles. The number of carbonyl (C=O) groups excluding carboxylic acids is 3. The van der Waals surface area contributed by atoms with Crippen molar-refractivity contribution in [2.75, 3.05) is 4.90 Å². The Morgan fingerprint density at radius 3 is 2.55 bits per heavy atom. The lowest BCUT2D eigenvalue weighted by atomic mass is 9.88. The summed E-state index contributed by atoms with van der Waals surface area (Å²) in [7, 11) is 0. The average molecular weight is 272 g/mol. The van der Waals surface area contributed by atoms with Gasteiger partial charge in [-0.05, 0) is 56.4 Å². The van der Waals surface area contributed by atoms with Gasteiger partial charge >= 0.3 is 6.03 Å². The lowest BCUT2D eigenvalue weighted by Gasteiger charge is -2.34. The highest BCUT2D eigenvalue weighted by molar-refractivity contribution is 6.29. The SMILES string of the molecule is CC1(C)C(=O)NC(=O)N(c2ccc3c(c2)CCC3)C1=O. The third kappa shape index (κ3) is 1.73. The highest BCUT2D eigenvalue weighted by Crippen LogP contribution is 2.31. The number of carbonyl (C=O) groups is 3. The molecule has 0 atom stereocenters. The molecule has 4 amide bonds. The van der Waals surface area contributed by atoms with Crippen LogP contribution in [0.1, 0.15) is 31.4 Å². The van der Waals surface area contributed by atoms with E-state index in [1.165, 1.54) is 25.0 Å². The van der Waals surface area contributed by atoms with Crippen LogP contribution in [0.15, 0.2) is 18.2 Å². The van der Waals surface area contributed by atoms with Crippen molar-refractivity contribution in [1.29, 1.82) is 0 Å². The zero-order valence-electron chi connectivity index (χ0n) is 11.5. The van der Waals surface area contributed by atoms with Crippen LogP contribution in [-0.4, -0.2) is 17.8 Å². The number of amides is 4. The predicted molar refractivity (Wildman–Crippen MR) is 73.3 cm³/mol. The summed E-state index contributed by atoms with van der Waals surface area (Å²) in [6.45, 7) is 3.05. The van der Waals surface area contributed by atoms with Gasteiger partial charge in [0.15, 0.2) is 0 Å². The third-order valence-corrected chi connectivity index (χ3v) is 4.07. The smallest absolute Gasteiger partial charge is 0.276 e. The summed E-state index contributed by atoms with van der Waals surface area (Å²) in [5.74, 6) is -1.03. The molecule has 1 N–H and O–H groups in total. The van der Waals surface area contributed by atoms with E-state index in [-0.39, 0.29) is 0 Å². The second-order valence-electron chi connectivity index (χ2n) is 5.83. The summed E-state index contributed by atoms with van der Waals surface area (Å²) < 4.78 is 0. The van der Waals surface area contributed by atoms with Gasteiger partial charge in [-0.3, -0.25) is 14.9 Å². The number of rotatable bonds is 1. The van der Waals surface area contributed by atoms with E-state index in [0.717, 1.165) is 24.2 Å². The largest absolute Gasteiger partial charge is 0.335 e. The molecular formula is C15H16N2O3. The van der Waals surface area contributed by atoms with Crippen LogP contribution in [0.5, 0.6) is 0 Å². The summed E-state index contributed by atoms with van der Waals surface area (Å²) >= 11 is 0. The summed E-state index contributed by atoms with van der Waals surface area (Å²) in [5.41, 5.74) is 1.76. The molecule has 5 nitrogen and oxygen atoms in total. The van der Waals surface area contributed by atoms with Crippen molar-refractivity contribution in [3.05, 3.63) is 29.3 Å². The first kappa shape index (κ1) is 12.8. The topological polar surface area (TPSA) is 66.5 Å². The number of aryl methyl sites for hydroxylation is 2. The molecule has 1 aliphatic heterocycles. The molecule has 1 heterocycles. The van der Waals surface area contributed by atoms with E-state index in [4.69, 9.17) is 0 Å². The van der Waals surface area contributed by atoms with Crippen molar-refractivity contribution < 1.29 is 14.4 Å². The molecule has 104 valence electrons. The first-order chi connectivity index (χ1) is 9.41. The van der Waals surface area contributed by atoms with Gasteiger partial charge in [0.1, 0.15) is 5.41 Å². The molecule has 0 saturated carbocycles. The van der Waals surface area contributed by atoms with Gasteiger partial charge in [-0.1, -0.05) is 6.07 Å². The van der Waals surface area contributed by atoms with Gasteiger partial charge in [-0.2, -0.15) is 0 Å². The molecule has 0 aromatic heterocycles. The summed E-state index contributed by atoms with van der Waals surface area (Å²) in [4.78, 5) is 37.2. The Morgan fingerprint density at radius 1 is 1.10 bits per heavy atom. The first-order valence-corrected chi connectivity index (χ1v) is 6.73. The van der Waals surface area contributed by atoms with Gasteiger partial charge < -0.3 is 0 Å². The number of nitrogens with one attached hydrogen (secondary N) is 1. The Morgan fingerprint density at radius 2 is 1.80 bits per heavy atom. The van der Waals surface area contributed by atoms with Crippen LogP contribution in [0.25, 0.3) is 0 Å². The summed E-state index contributed by atoms with van der Waals surface area (Å²) in [6, 6.07) is 4.94. The molecule has 0 spiro atoms. The fourth-order valence-electron chi connectivity index (χ4n) is 2.71. The van der Waals surface area contributed by atoms with E-state index in [1.807, 2.05) is 12.1 Å².